The summed E-state index contributed by atoms with van der Waals surface area (Å²) in [6.07, 6.45) is 1.28. The Bertz CT molecular complexity index is 1180. The first-order valence-corrected chi connectivity index (χ1v) is 12.5. The number of anilines is 1. The minimum absolute atomic E-state index is 0.00461. The third-order valence-electron chi connectivity index (χ3n) is 8.25. The number of fused-ring (bicyclic) bond motifs is 2. The fourth-order valence-electron chi connectivity index (χ4n) is 6.62. The van der Waals surface area contributed by atoms with Crippen molar-refractivity contribution in [2.75, 3.05) is 25.0 Å². The van der Waals surface area contributed by atoms with E-state index in [-0.39, 0.29) is 36.8 Å². The Balaban J connectivity index is 1.51. The van der Waals surface area contributed by atoms with Crippen LogP contribution in [0.25, 0.3) is 10.8 Å². The number of ether oxygens (including phenoxy) is 1. The highest BCUT2D eigenvalue weighted by Gasteiger charge is 2.79. The summed E-state index contributed by atoms with van der Waals surface area (Å²) in [6.45, 7) is 6.12. The largest absolute Gasteiger partial charge is 0.395 e. The van der Waals surface area contributed by atoms with E-state index >= 15 is 0 Å². The molecule has 3 unspecified atom stereocenters. The average Bonchev–Trinajstić information content (AvgIpc) is 3.34. The van der Waals surface area contributed by atoms with Crippen LogP contribution in [0.3, 0.4) is 0 Å². The number of aliphatic hydroxyl groups is 1. The third-order valence-corrected chi connectivity index (χ3v) is 8.25. The Morgan fingerprint density at radius 2 is 1.91 bits per heavy atom. The average molecular weight is 480 g/mol. The van der Waals surface area contributed by atoms with Gasteiger partial charge in [0.25, 0.3) is 0 Å². The van der Waals surface area contributed by atoms with Gasteiger partial charge in [-0.1, -0.05) is 44.2 Å². The van der Waals surface area contributed by atoms with E-state index in [4.69, 9.17) is 4.74 Å². The van der Waals surface area contributed by atoms with Gasteiger partial charge in [0.05, 0.1) is 24.0 Å². The summed E-state index contributed by atoms with van der Waals surface area (Å²) in [6, 6.07) is 12.6. The molecule has 3 saturated heterocycles. The predicted molar refractivity (Wildman–Crippen MR) is 131 cm³/mol. The topological polar surface area (TPSA) is 108 Å². The summed E-state index contributed by atoms with van der Waals surface area (Å²) in [5.74, 6) is -2.35. The molecule has 6 atom stereocenters. The van der Waals surface area contributed by atoms with Crippen LogP contribution in [0, 0.1) is 17.8 Å². The second-order valence-corrected chi connectivity index (χ2v) is 10.3. The molecule has 3 fully saturated rings. The molecule has 2 aromatic carbocycles. The molecule has 0 aromatic heterocycles. The van der Waals surface area contributed by atoms with Crippen LogP contribution in [0.15, 0.2) is 42.5 Å². The number of nitrogens with zero attached hydrogens (tertiary/aromatic N) is 1. The summed E-state index contributed by atoms with van der Waals surface area (Å²) < 4.78 is 6.62. The molecule has 3 aliphatic rings. The second-order valence-electron chi connectivity index (χ2n) is 10.3. The molecule has 3 amide bonds. The van der Waals surface area contributed by atoms with Crippen LogP contribution in [-0.4, -0.2) is 64.7 Å². The summed E-state index contributed by atoms with van der Waals surface area (Å²) in [7, 11) is 0. The van der Waals surface area contributed by atoms with E-state index in [1.807, 2.05) is 63.2 Å². The molecule has 2 bridgehead atoms. The molecular weight excluding hydrogens is 446 g/mol. The standard InChI is InChI=1S/C27H33N3O5/c1-4-11-28-23(32)20-21-25(34)30(12-13-31)22(27(21)15-16(2)26(20,3)35-27)24(33)29-19-10-9-17-7-5-6-8-18(17)14-19/h5-10,14,16,20-22,31H,4,11-13,15H2,1-3H3,(H,28,32)(H,29,33)/t16?,20-,21-,22?,26+,27?/m0/s1. The monoisotopic (exact) mass is 479 g/mol. The molecule has 0 radical (unpaired) electrons. The smallest absolute Gasteiger partial charge is 0.250 e. The molecule has 3 aliphatic heterocycles. The van der Waals surface area contributed by atoms with Gasteiger partial charge in [-0.15, -0.1) is 0 Å². The van der Waals surface area contributed by atoms with Gasteiger partial charge in [-0.2, -0.15) is 0 Å². The number of carbonyl (C=O) groups is 3. The van der Waals surface area contributed by atoms with E-state index in [1.165, 1.54) is 4.90 Å². The fourth-order valence-corrected chi connectivity index (χ4v) is 6.62. The van der Waals surface area contributed by atoms with Crippen molar-refractivity contribution in [2.45, 2.75) is 50.9 Å². The van der Waals surface area contributed by atoms with Crippen molar-refractivity contribution in [2.24, 2.45) is 17.8 Å². The molecule has 0 aliphatic carbocycles. The summed E-state index contributed by atoms with van der Waals surface area (Å²) in [4.78, 5) is 42.2. The van der Waals surface area contributed by atoms with Crippen LogP contribution in [0.4, 0.5) is 5.69 Å². The van der Waals surface area contributed by atoms with Gasteiger partial charge < -0.3 is 25.4 Å². The quantitative estimate of drug-likeness (QED) is 0.565. The molecule has 3 heterocycles. The van der Waals surface area contributed by atoms with Gasteiger partial charge >= 0.3 is 0 Å². The molecule has 2 aromatic rings. The highest BCUT2D eigenvalue weighted by molar-refractivity contribution is 6.04. The molecule has 8 nitrogen and oxygen atoms in total. The molecule has 8 heteroatoms. The maximum atomic E-state index is 13.8. The van der Waals surface area contributed by atoms with Crippen molar-refractivity contribution in [3.8, 4) is 0 Å². The molecular formula is C27H33N3O5. The molecule has 3 N–H and O–H groups in total. The van der Waals surface area contributed by atoms with Gasteiger partial charge in [-0.25, -0.2) is 0 Å². The van der Waals surface area contributed by atoms with Gasteiger partial charge in [0.2, 0.25) is 17.7 Å². The van der Waals surface area contributed by atoms with E-state index in [0.717, 1.165) is 17.2 Å². The predicted octanol–water partition coefficient (Wildman–Crippen LogP) is 2.31. The molecule has 35 heavy (non-hydrogen) atoms. The first kappa shape index (κ1) is 23.8. The fraction of sp³-hybridized carbons (Fsp3) is 0.519. The van der Waals surface area contributed by atoms with E-state index in [2.05, 4.69) is 10.6 Å². The number of hydrogen-bond donors (Lipinski definition) is 3. The van der Waals surface area contributed by atoms with Gasteiger partial charge in [0.15, 0.2) is 0 Å². The Kier molecular flexibility index (Phi) is 5.84. The number of nitrogens with one attached hydrogen (secondary N) is 2. The minimum Gasteiger partial charge on any atom is -0.395 e. The van der Waals surface area contributed by atoms with E-state index < -0.39 is 29.1 Å². The lowest BCUT2D eigenvalue weighted by Gasteiger charge is -2.36. The van der Waals surface area contributed by atoms with E-state index in [0.29, 0.717) is 18.7 Å². The van der Waals surface area contributed by atoms with Crippen LogP contribution in [0.2, 0.25) is 0 Å². The molecule has 186 valence electrons. The van der Waals surface area contributed by atoms with Crippen LogP contribution >= 0.6 is 0 Å². The molecule has 5 rings (SSSR count). The lowest BCUT2D eigenvalue weighted by atomic mass is 9.62. The Morgan fingerprint density at radius 1 is 1.17 bits per heavy atom. The van der Waals surface area contributed by atoms with Crippen molar-refractivity contribution in [3.63, 3.8) is 0 Å². The second kappa shape index (κ2) is 8.60. The van der Waals surface area contributed by atoms with Crippen molar-refractivity contribution in [1.82, 2.24) is 10.2 Å². The third kappa shape index (κ3) is 3.45. The lowest BCUT2D eigenvalue weighted by Crippen LogP contribution is -2.54. The number of aliphatic hydroxyl groups excluding tert-OH is 1. The van der Waals surface area contributed by atoms with Crippen molar-refractivity contribution in [1.29, 1.82) is 0 Å². The number of benzene rings is 2. The minimum atomic E-state index is -1.12. The summed E-state index contributed by atoms with van der Waals surface area (Å²) in [5, 5.41) is 17.7. The molecule has 0 saturated carbocycles. The number of hydrogen-bond acceptors (Lipinski definition) is 5. The highest BCUT2D eigenvalue weighted by atomic mass is 16.5. The van der Waals surface area contributed by atoms with Crippen LogP contribution in [0.1, 0.15) is 33.6 Å². The van der Waals surface area contributed by atoms with Crippen molar-refractivity contribution < 1.29 is 24.2 Å². The Morgan fingerprint density at radius 3 is 2.63 bits per heavy atom. The van der Waals surface area contributed by atoms with Crippen LogP contribution in [0.5, 0.6) is 0 Å². The number of likely N-dealkylation sites (tertiary alicyclic amines) is 1. The lowest BCUT2D eigenvalue weighted by molar-refractivity contribution is -0.146. The van der Waals surface area contributed by atoms with Gasteiger partial charge in [-0.05, 0) is 48.6 Å². The summed E-state index contributed by atoms with van der Waals surface area (Å²) >= 11 is 0. The number of β-amino-alcohol motifs (C(OH)–C–C–N with tert-alkyl or cyclic N) is 1. The first-order valence-electron chi connectivity index (χ1n) is 12.5. The van der Waals surface area contributed by atoms with Gasteiger partial charge in [0.1, 0.15) is 11.6 Å². The zero-order chi connectivity index (χ0) is 25.0. The SMILES string of the molecule is CCCNC(=O)[C@@H]1[C@H]2C(=O)N(CCO)C(C(=O)Nc3ccc4ccccc4c3)C23CC(C)[C@@]1(C)O3. The van der Waals surface area contributed by atoms with Gasteiger partial charge in [-0.3, -0.25) is 14.4 Å². The van der Waals surface area contributed by atoms with Crippen LogP contribution < -0.4 is 10.6 Å². The van der Waals surface area contributed by atoms with Crippen molar-refractivity contribution in [3.05, 3.63) is 42.5 Å². The normalized spacial score (nSPS) is 33.3. The molecule has 1 spiro atoms. The number of amides is 3. The maximum absolute atomic E-state index is 13.8. The zero-order valence-corrected chi connectivity index (χ0v) is 20.4. The maximum Gasteiger partial charge on any atom is 0.250 e. The number of rotatable bonds is 7. The van der Waals surface area contributed by atoms with Crippen molar-refractivity contribution >= 4 is 34.2 Å². The summed E-state index contributed by atoms with van der Waals surface area (Å²) in [5.41, 5.74) is -1.34. The zero-order valence-electron chi connectivity index (χ0n) is 20.4. The number of carbonyl (C=O) groups excluding carboxylic acids is 3. The Hall–Kier alpha value is -2.97. The first-order chi connectivity index (χ1) is 16.8. The van der Waals surface area contributed by atoms with Crippen LogP contribution in [-0.2, 0) is 19.1 Å². The highest BCUT2D eigenvalue weighted by Crippen LogP contribution is 2.65. The van der Waals surface area contributed by atoms with Gasteiger partial charge in [0, 0.05) is 18.8 Å². The van der Waals surface area contributed by atoms with E-state index in [1.54, 1.807) is 0 Å². The van der Waals surface area contributed by atoms with E-state index in [9.17, 15) is 19.5 Å². The Labute approximate surface area is 205 Å².